The van der Waals surface area contributed by atoms with E-state index in [1.807, 2.05) is 13.0 Å². The van der Waals surface area contributed by atoms with E-state index in [2.05, 4.69) is 4.18 Å². The van der Waals surface area contributed by atoms with Crippen LogP contribution in [0.3, 0.4) is 0 Å². The molecule has 0 aliphatic heterocycles. The fourth-order valence-corrected chi connectivity index (χ4v) is 2.00. The summed E-state index contributed by atoms with van der Waals surface area (Å²) in [6.45, 7) is 2.02. The van der Waals surface area contributed by atoms with Gasteiger partial charge in [-0.2, -0.15) is 4.21 Å². The molecule has 0 bridgehead atoms. The van der Waals surface area contributed by atoms with E-state index in [4.69, 9.17) is 4.55 Å². The highest BCUT2D eigenvalue weighted by Crippen LogP contribution is 2.16. The molecule has 0 saturated heterocycles. The van der Waals surface area contributed by atoms with Crippen molar-refractivity contribution in [3.05, 3.63) is 35.9 Å². The highest BCUT2D eigenvalue weighted by atomic mass is 32.2. The van der Waals surface area contributed by atoms with Gasteiger partial charge in [-0.25, -0.2) is 0 Å². The third-order valence-electron chi connectivity index (χ3n) is 2.71. The number of ketones is 1. The van der Waals surface area contributed by atoms with Crippen LogP contribution in [0.2, 0.25) is 0 Å². The smallest absolute Gasteiger partial charge is 0.294 e. The molecule has 0 fully saturated rings. The molecular weight excluding hydrogens is 252 g/mol. The number of carbonyl (C=O) groups excluding carboxylic acids is 1. The van der Waals surface area contributed by atoms with E-state index in [0.29, 0.717) is 12.0 Å². The third-order valence-corrected chi connectivity index (χ3v) is 3.04. The van der Waals surface area contributed by atoms with Gasteiger partial charge in [-0.1, -0.05) is 50.1 Å². The van der Waals surface area contributed by atoms with E-state index in [1.54, 1.807) is 24.3 Å². The number of Topliss-reactive ketones (excluding diaryl/α,β-unsaturated/α-hetero) is 1. The van der Waals surface area contributed by atoms with Crippen molar-refractivity contribution in [1.29, 1.82) is 0 Å². The summed E-state index contributed by atoms with van der Waals surface area (Å²) in [7, 11) is 0. The van der Waals surface area contributed by atoms with Gasteiger partial charge in [-0.3, -0.25) is 13.5 Å². The zero-order chi connectivity index (χ0) is 13.4. The molecule has 100 valence electrons. The predicted molar refractivity (Wildman–Crippen MR) is 70.5 cm³/mol. The first kappa shape index (κ1) is 15.0. The average Bonchev–Trinajstić information content (AvgIpc) is 2.39. The topological polar surface area (TPSA) is 63.6 Å². The molecular formula is C13H18O4S. The highest BCUT2D eigenvalue weighted by molar-refractivity contribution is 7.74. The zero-order valence-corrected chi connectivity index (χ0v) is 11.2. The summed E-state index contributed by atoms with van der Waals surface area (Å²) in [5.74, 6) is -0.391. The van der Waals surface area contributed by atoms with Crippen molar-refractivity contribution >= 4 is 17.1 Å². The number of rotatable bonds is 8. The Morgan fingerprint density at radius 2 is 2.06 bits per heavy atom. The molecule has 1 aromatic rings. The van der Waals surface area contributed by atoms with Gasteiger partial charge in [0, 0.05) is 11.5 Å². The van der Waals surface area contributed by atoms with Crippen molar-refractivity contribution in [3.8, 4) is 0 Å². The molecule has 0 radical (unpaired) electrons. The highest BCUT2D eigenvalue weighted by Gasteiger charge is 2.20. The van der Waals surface area contributed by atoms with Crippen LogP contribution in [-0.4, -0.2) is 21.2 Å². The lowest BCUT2D eigenvalue weighted by Crippen LogP contribution is -2.21. The van der Waals surface area contributed by atoms with Gasteiger partial charge in [0.25, 0.3) is 0 Å². The van der Waals surface area contributed by atoms with Gasteiger partial charge < -0.3 is 0 Å². The predicted octanol–water partition coefficient (Wildman–Crippen LogP) is 2.83. The van der Waals surface area contributed by atoms with Gasteiger partial charge in [0.15, 0.2) is 5.78 Å². The second-order valence-electron chi connectivity index (χ2n) is 4.07. The molecule has 0 saturated carbocycles. The first-order valence-corrected chi connectivity index (χ1v) is 7.01. The molecule has 0 spiro atoms. The molecule has 18 heavy (non-hydrogen) atoms. The molecule has 2 atom stereocenters. The Labute approximate surface area is 110 Å². The van der Waals surface area contributed by atoms with E-state index in [9.17, 15) is 9.00 Å². The standard InChI is InChI=1S/C13H18O4S/c1-2-3-7-12(10-17-18(15)16)13(14)11-8-5-4-6-9-11/h4-6,8-9,12H,2-3,7,10H2,1H3,(H,15,16). The van der Waals surface area contributed by atoms with Crippen LogP contribution >= 0.6 is 0 Å². The zero-order valence-electron chi connectivity index (χ0n) is 10.4. The second-order valence-corrected chi connectivity index (χ2v) is 4.74. The number of unbranched alkanes of at least 4 members (excludes halogenated alkanes) is 1. The maximum atomic E-state index is 12.2. The van der Waals surface area contributed by atoms with Gasteiger partial charge in [0.05, 0.1) is 6.61 Å². The fraction of sp³-hybridized carbons (Fsp3) is 0.462. The van der Waals surface area contributed by atoms with E-state index < -0.39 is 11.4 Å². The van der Waals surface area contributed by atoms with Crippen LogP contribution in [0.25, 0.3) is 0 Å². The lowest BCUT2D eigenvalue weighted by Gasteiger charge is -2.14. The maximum absolute atomic E-state index is 12.2. The van der Waals surface area contributed by atoms with E-state index in [-0.39, 0.29) is 18.3 Å². The van der Waals surface area contributed by atoms with Crippen LogP contribution in [0.4, 0.5) is 0 Å². The monoisotopic (exact) mass is 270 g/mol. The molecule has 0 amide bonds. The first-order chi connectivity index (χ1) is 8.65. The molecule has 0 aromatic heterocycles. The molecule has 1 rings (SSSR count). The van der Waals surface area contributed by atoms with Crippen LogP contribution in [0, 0.1) is 5.92 Å². The Bertz CT molecular complexity index is 391. The Kier molecular flexibility index (Phi) is 6.78. The molecule has 2 unspecified atom stereocenters. The summed E-state index contributed by atoms with van der Waals surface area (Å²) in [4.78, 5) is 12.2. The second kappa shape index (κ2) is 8.13. The summed E-state index contributed by atoms with van der Waals surface area (Å²) >= 11 is -2.32. The maximum Gasteiger partial charge on any atom is 0.301 e. The number of hydrogen-bond acceptors (Lipinski definition) is 3. The first-order valence-electron chi connectivity index (χ1n) is 5.98. The minimum Gasteiger partial charge on any atom is -0.294 e. The van der Waals surface area contributed by atoms with Crippen molar-refractivity contribution in [3.63, 3.8) is 0 Å². The SMILES string of the molecule is CCCCC(COS(=O)O)C(=O)c1ccccc1. The minimum absolute atomic E-state index is 0.0170. The summed E-state index contributed by atoms with van der Waals surface area (Å²) in [5, 5.41) is 0. The van der Waals surface area contributed by atoms with Crippen molar-refractivity contribution in [2.45, 2.75) is 26.2 Å². The van der Waals surface area contributed by atoms with Gasteiger partial charge in [-0.05, 0) is 6.42 Å². The molecule has 5 heteroatoms. The van der Waals surface area contributed by atoms with Crippen molar-refractivity contribution in [1.82, 2.24) is 0 Å². The van der Waals surface area contributed by atoms with Crippen LogP contribution < -0.4 is 0 Å². The van der Waals surface area contributed by atoms with Gasteiger partial charge >= 0.3 is 11.4 Å². The Morgan fingerprint density at radius 3 is 2.61 bits per heavy atom. The summed E-state index contributed by atoms with van der Waals surface area (Å²) in [6.07, 6.45) is 2.53. The van der Waals surface area contributed by atoms with E-state index >= 15 is 0 Å². The third kappa shape index (κ3) is 5.08. The van der Waals surface area contributed by atoms with Crippen molar-refractivity contribution in [2.75, 3.05) is 6.61 Å². The quantitative estimate of drug-likeness (QED) is 0.583. The molecule has 0 heterocycles. The average molecular weight is 270 g/mol. The summed E-state index contributed by atoms with van der Waals surface area (Å²) in [5.41, 5.74) is 0.617. The van der Waals surface area contributed by atoms with Crippen LogP contribution in [0.15, 0.2) is 30.3 Å². The van der Waals surface area contributed by atoms with Gasteiger partial charge in [-0.15, -0.1) is 0 Å². The number of benzene rings is 1. The van der Waals surface area contributed by atoms with Crippen LogP contribution in [-0.2, 0) is 15.5 Å². The Hall–Kier alpha value is -1.04. The van der Waals surface area contributed by atoms with Crippen LogP contribution in [0.1, 0.15) is 36.5 Å². The lowest BCUT2D eigenvalue weighted by molar-refractivity contribution is 0.0865. The number of carbonyl (C=O) groups is 1. The van der Waals surface area contributed by atoms with Crippen molar-refractivity contribution < 1.29 is 17.7 Å². The van der Waals surface area contributed by atoms with E-state index in [1.165, 1.54) is 0 Å². The molecule has 0 aliphatic rings. The molecule has 0 aliphatic carbocycles. The molecule has 1 N–H and O–H groups in total. The number of hydrogen-bond donors (Lipinski definition) is 1. The van der Waals surface area contributed by atoms with Crippen molar-refractivity contribution in [2.24, 2.45) is 5.92 Å². The summed E-state index contributed by atoms with van der Waals surface area (Å²) in [6, 6.07) is 8.94. The normalized spacial score (nSPS) is 14.1. The largest absolute Gasteiger partial charge is 0.301 e. The lowest BCUT2D eigenvalue weighted by atomic mass is 9.93. The Balaban J connectivity index is 2.69. The Morgan fingerprint density at radius 1 is 1.39 bits per heavy atom. The van der Waals surface area contributed by atoms with Gasteiger partial charge in [0.2, 0.25) is 0 Å². The minimum atomic E-state index is -2.32. The van der Waals surface area contributed by atoms with Crippen LogP contribution in [0.5, 0.6) is 0 Å². The summed E-state index contributed by atoms with van der Waals surface area (Å²) < 4.78 is 23.8. The molecule has 4 nitrogen and oxygen atoms in total. The molecule has 1 aromatic carbocycles. The fourth-order valence-electron chi connectivity index (χ4n) is 1.72. The van der Waals surface area contributed by atoms with Gasteiger partial charge in [0.1, 0.15) is 0 Å². The van der Waals surface area contributed by atoms with E-state index in [0.717, 1.165) is 12.8 Å².